The second-order valence-electron chi connectivity index (χ2n) is 4.08. The van der Waals surface area contributed by atoms with Gasteiger partial charge in [0.05, 0.1) is 5.92 Å². The summed E-state index contributed by atoms with van der Waals surface area (Å²) in [6.07, 6.45) is 5.85. The predicted molar refractivity (Wildman–Crippen MR) is 61.0 cm³/mol. The van der Waals surface area contributed by atoms with Crippen LogP contribution in [0.4, 0.5) is 0 Å². The Morgan fingerprint density at radius 3 is 2.81 bits per heavy atom. The van der Waals surface area contributed by atoms with Crippen LogP contribution in [0.3, 0.4) is 0 Å². The van der Waals surface area contributed by atoms with Crippen molar-refractivity contribution in [1.29, 1.82) is 0 Å². The van der Waals surface area contributed by atoms with Crippen molar-refractivity contribution >= 4 is 17.6 Å². The summed E-state index contributed by atoms with van der Waals surface area (Å²) >= 11 is 5.66. The molecule has 0 radical (unpaired) electrons. The zero-order valence-corrected chi connectivity index (χ0v) is 9.74. The van der Waals surface area contributed by atoms with Gasteiger partial charge in [-0.1, -0.05) is 30.5 Å². The Hall–Kier alpha value is -1.09. The molecule has 0 unspecified atom stereocenters. The fraction of sp³-hybridized carbons (Fsp3) is 0.500. The number of esters is 1. The van der Waals surface area contributed by atoms with E-state index < -0.39 is 0 Å². The summed E-state index contributed by atoms with van der Waals surface area (Å²) in [6, 6.07) is 3.51. The van der Waals surface area contributed by atoms with Gasteiger partial charge in [0.25, 0.3) is 0 Å². The summed E-state index contributed by atoms with van der Waals surface area (Å²) in [5.74, 6) is 0.0349. The zero-order chi connectivity index (χ0) is 11.4. The third kappa shape index (κ3) is 2.95. The average Bonchev–Trinajstić information content (AvgIpc) is 2.81. The number of halogens is 1. The predicted octanol–water partition coefficient (Wildman–Crippen LogP) is 2.97. The number of rotatable bonds is 3. The molecular formula is C12H14ClNO2. The third-order valence-corrected chi connectivity index (χ3v) is 3.08. The van der Waals surface area contributed by atoms with Gasteiger partial charge >= 0.3 is 5.97 Å². The van der Waals surface area contributed by atoms with E-state index >= 15 is 0 Å². The lowest BCUT2D eigenvalue weighted by atomic mass is 10.1. The van der Waals surface area contributed by atoms with E-state index in [0.29, 0.717) is 11.8 Å². The van der Waals surface area contributed by atoms with Gasteiger partial charge < -0.3 is 4.74 Å². The number of carbonyl (C=O) groups is 1. The highest BCUT2D eigenvalue weighted by molar-refractivity contribution is 6.29. The summed E-state index contributed by atoms with van der Waals surface area (Å²) in [5, 5.41) is 0.450. The fourth-order valence-corrected chi connectivity index (χ4v) is 2.04. The lowest BCUT2D eigenvalue weighted by Crippen LogP contribution is -2.14. The molecule has 0 aliphatic heterocycles. The Labute approximate surface area is 99.8 Å². The van der Waals surface area contributed by atoms with E-state index in [1.54, 1.807) is 12.3 Å². The highest BCUT2D eigenvalue weighted by Crippen LogP contribution is 2.26. The molecule has 0 bridgehead atoms. The molecule has 1 aromatic rings. The van der Waals surface area contributed by atoms with Gasteiger partial charge in [-0.25, -0.2) is 4.98 Å². The van der Waals surface area contributed by atoms with Crippen molar-refractivity contribution in [1.82, 2.24) is 4.98 Å². The van der Waals surface area contributed by atoms with Crippen LogP contribution < -0.4 is 0 Å². The Morgan fingerprint density at radius 1 is 1.44 bits per heavy atom. The molecule has 1 saturated carbocycles. The molecule has 0 spiro atoms. The molecule has 0 amide bonds. The smallest absolute Gasteiger partial charge is 0.309 e. The van der Waals surface area contributed by atoms with Crippen LogP contribution in [0.5, 0.6) is 0 Å². The minimum absolute atomic E-state index is 0.0764. The summed E-state index contributed by atoms with van der Waals surface area (Å²) in [4.78, 5) is 15.5. The van der Waals surface area contributed by atoms with Crippen molar-refractivity contribution in [2.24, 2.45) is 5.92 Å². The van der Waals surface area contributed by atoms with Gasteiger partial charge in [0, 0.05) is 11.8 Å². The van der Waals surface area contributed by atoms with Gasteiger partial charge in [0.1, 0.15) is 11.8 Å². The summed E-state index contributed by atoms with van der Waals surface area (Å²) in [5.41, 5.74) is 0.871. The molecule has 2 rings (SSSR count). The largest absolute Gasteiger partial charge is 0.461 e. The van der Waals surface area contributed by atoms with Crippen LogP contribution >= 0.6 is 11.6 Å². The third-order valence-electron chi connectivity index (χ3n) is 2.86. The molecule has 16 heavy (non-hydrogen) atoms. The molecule has 86 valence electrons. The maximum atomic E-state index is 11.6. The number of ether oxygens (including phenoxy) is 1. The molecule has 1 fully saturated rings. The molecule has 3 nitrogen and oxygen atoms in total. The van der Waals surface area contributed by atoms with E-state index in [-0.39, 0.29) is 11.9 Å². The topological polar surface area (TPSA) is 39.2 Å². The van der Waals surface area contributed by atoms with Gasteiger partial charge in [-0.05, 0) is 18.9 Å². The first kappa shape index (κ1) is 11.4. The second kappa shape index (κ2) is 5.30. The van der Waals surface area contributed by atoms with Gasteiger partial charge in [-0.15, -0.1) is 0 Å². The Balaban J connectivity index is 1.82. The second-order valence-corrected chi connectivity index (χ2v) is 4.47. The first-order chi connectivity index (χ1) is 7.75. The van der Waals surface area contributed by atoms with Crippen molar-refractivity contribution in [3.05, 3.63) is 29.0 Å². The fourth-order valence-electron chi connectivity index (χ4n) is 1.93. The highest BCUT2D eigenvalue weighted by atomic mass is 35.5. The molecule has 0 N–H and O–H groups in total. The minimum atomic E-state index is -0.0764. The zero-order valence-electron chi connectivity index (χ0n) is 8.99. The number of pyridine rings is 1. The van der Waals surface area contributed by atoms with Crippen LogP contribution in [-0.2, 0) is 16.1 Å². The number of hydrogen-bond donors (Lipinski definition) is 0. The number of aromatic nitrogens is 1. The molecule has 4 heteroatoms. The van der Waals surface area contributed by atoms with Crippen LogP contribution in [-0.4, -0.2) is 11.0 Å². The molecule has 1 aliphatic rings. The van der Waals surface area contributed by atoms with E-state index in [2.05, 4.69) is 4.98 Å². The lowest BCUT2D eigenvalue weighted by Gasteiger charge is -2.09. The van der Waals surface area contributed by atoms with Gasteiger partial charge in [-0.3, -0.25) is 4.79 Å². The van der Waals surface area contributed by atoms with Crippen LogP contribution in [0.25, 0.3) is 0 Å². The lowest BCUT2D eigenvalue weighted by molar-refractivity contribution is -0.149. The Bertz CT molecular complexity index is 358. The van der Waals surface area contributed by atoms with E-state index in [0.717, 1.165) is 31.2 Å². The molecule has 1 heterocycles. The molecule has 0 atom stereocenters. The molecule has 0 saturated heterocycles. The maximum Gasteiger partial charge on any atom is 0.309 e. The minimum Gasteiger partial charge on any atom is -0.461 e. The number of carbonyl (C=O) groups excluding carboxylic acids is 1. The van der Waals surface area contributed by atoms with Crippen molar-refractivity contribution in [3.63, 3.8) is 0 Å². The molecule has 0 aromatic carbocycles. The van der Waals surface area contributed by atoms with Crippen molar-refractivity contribution < 1.29 is 9.53 Å². The van der Waals surface area contributed by atoms with E-state index in [4.69, 9.17) is 16.3 Å². The SMILES string of the molecule is O=C(OCc1ccc(Cl)nc1)C1CCCC1. The van der Waals surface area contributed by atoms with Gasteiger partial charge in [0.15, 0.2) is 0 Å². The standard InChI is InChI=1S/C12H14ClNO2/c13-11-6-5-9(7-14-11)8-16-12(15)10-3-1-2-4-10/h5-7,10H,1-4,8H2. The molecular weight excluding hydrogens is 226 g/mol. The van der Waals surface area contributed by atoms with Crippen LogP contribution in [0.15, 0.2) is 18.3 Å². The van der Waals surface area contributed by atoms with Crippen molar-refractivity contribution in [3.8, 4) is 0 Å². The molecule has 1 aliphatic carbocycles. The first-order valence-electron chi connectivity index (χ1n) is 5.53. The first-order valence-corrected chi connectivity index (χ1v) is 5.90. The Morgan fingerprint density at radius 2 is 2.19 bits per heavy atom. The normalized spacial score (nSPS) is 16.3. The quantitative estimate of drug-likeness (QED) is 0.601. The van der Waals surface area contributed by atoms with Crippen LogP contribution in [0.1, 0.15) is 31.2 Å². The summed E-state index contributed by atoms with van der Waals surface area (Å²) in [7, 11) is 0. The summed E-state index contributed by atoms with van der Waals surface area (Å²) in [6.45, 7) is 0.291. The number of hydrogen-bond acceptors (Lipinski definition) is 3. The summed E-state index contributed by atoms with van der Waals surface area (Å²) < 4.78 is 5.23. The van der Waals surface area contributed by atoms with Gasteiger partial charge in [0.2, 0.25) is 0 Å². The van der Waals surface area contributed by atoms with E-state index in [1.807, 2.05) is 6.07 Å². The van der Waals surface area contributed by atoms with E-state index in [9.17, 15) is 4.79 Å². The van der Waals surface area contributed by atoms with Crippen LogP contribution in [0.2, 0.25) is 5.15 Å². The van der Waals surface area contributed by atoms with Crippen molar-refractivity contribution in [2.45, 2.75) is 32.3 Å². The molecule has 1 aromatic heterocycles. The monoisotopic (exact) mass is 239 g/mol. The Kier molecular flexibility index (Phi) is 3.78. The highest BCUT2D eigenvalue weighted by Gasteiger charge is 2.23. The van der Waals surface area contributed by atoms with Crippen LogP contribution in [0, 0.1) is 5.92 Å². The van der Waals surface area contributed by atoms with Crippen molar-refractivity contribution in [2.75, 3.05) is 0 Å². The average molecular weight is 240 g/mol. The maximum absolute atomic E-state index is 11.6. The van der Waals surface area contributed by atoms with Gasteiger partial charge in [-0.2, -0.15) is 0 Å². The number of nitrogens with zero attached hydrogens (tertiary/aromatic N) is 1. The van der Waals surface area contributed by atoms with E-state index in [1.165, 1.54) is 0 Å².